The summed E-state index contributed by atoms with van der Waals surface area (Å²) < 4.78 is 40.8. The molecule has 1 aliphatic heterocycles. The Bertz CT molecular complexity index is 270. The van der Waals surface area contributed by atoms with Crippen molar-refractivity contribution in [1.29, 1.82) is 0 Å². The molecular weight excluding hydrogens is 249 g/mol. The van der Waals surface area contributed by atoms with Crippen LogP contribution in [0.1, 0.15) is 12.8 Å². The van der Waals surface area contributed by atoms with Crippen molar-refractivity contribution < 1.29 is 22.7 Å². The third kappa shape index (κ3) is 6.20. The highest BCUT2D eigenvalue weighted by molar-refractivity contribution is 5.78. The van der Waals surface area contributed by atoms with Crippen LogP contribution >= 0.6 is 0 Å². The van der Waals surface area contributed by atoms with Gasteiger partial charge in [-0.25, -0.2) is 0 Å². The highest BCUT2D eigenvalue weighted by atomic mass is 19.4. The second kappa shape index (κ2) is 6.94. The lowest BCUT2D eigenvalue weighted by atomic mass is 9.99. The normalized spacial score (nSPS) is 21.9. The molecule has 0 aromatic heterocycles. The van der Waals surface area contributed by atoms with E-state index in [9.17, 15) is 18.0 Å². The van der Waals surface area contributed by atoms with Gasteiger partial charge in [-0.2, -0.15) is 13.2 Å². The van der Waals surface area contributed by atoms with Gasteiger partial charge in [0.05, 0.1) is 13.2 Å². The minimum Gasteiger partial charge on any atom is -0.384 e. The number of amides is 1. The second-order valence-electron chi connectivity index (χ2n) is 4.59. The van der Waals surface area contributed by atoms with Crippen molar-refractivity contribution in [1.82, 2.24) is 10.2 Å². The Labute approximate surface area is 104 Å². The molecule has 1 heterocycles. The standard InChI is InChI=1S/C11H19F3N2O2/c1-18-7-9-3-2-4-16(5-9)6-10(17)15-8-11(12,13)14/h9H,2-8H2,1H3,(H,15,17)/t9-/m1/s1. The molecular formula is C11H19F3N2O2. The van der Waals surface area contributed by atoms with Gasteiger partial charge in [0.15, 0.2) is 0 Å². The van der Waals surface area contributed by atoms with E-state index in [1.54, 1.807) is 7.11 Å². The van der Waals surface area contributed by atoms with Crippen molar-refractivity contribution in [3.63, 3.8) is 0 Å². The van der Waals surface area contributed by atoms with Crippen LogP contribution in [0.3, 0.4) is 0 Å². The van der Waals surface area contributed by atoms with Crippen molar-refractivity contribution in [3.8, 4) is 0 Å². The van der Waals surface area contributed by atoms with Crippen LogP contribution in [0.15, 0.2) is 0 Å². The predicted octanol–water partition coefficient (Wildman–Crippen LogP) is 1.02. The number of carbonyl (C=O) groups is 1. The summed E-state index contributed by atoms with van der Waals surface area (Å²) in [6, 6.07) is 0. The average molecular weight is 268 g/mol. The third-order valence-corrected chi connectivity index (χ3v) is 2.86. The molecule has 1 N–H and O–H groups in total. The number of nitrogens with one attached hydrogen (secondary N) is 1. The number of methoxy groups -OCH3 is 1. The topological polar surface area (TPSA) is 41.6 Å². The van der Waals surface area contributed by atoms with E-state index in [0.29, 0.717) is 19.1 Å². The molecule has 0 radical (unpaired) electrons. The molecule has 106 valence electrons. The number of halogens is 3. The summed E-state index contributed by atoms with van der Waals surface area (Å²) in [5, 5.41) is 1.88. The van der Waals surface area contributed by atoms with E-state index in [2.05, 4.69) is 0 Å². The number of nitrogens with zero attached hydrogens (tertiary/aromatic N) is 1. The fourth-order valence-electron chi connectivity index (χ4n) is 2.12. The molecule has 0 bridgehead atoms. The lowest BCUT2D eigenvalue weighted by molar-refractivity contribution is -0.139. The van der Waals surface area contributed by atoms with Gasteiger partial charge in [-0.3, -0.25) is 9.69 Å². The van der Waals surface area contributed by atoms with Gasteiger partial charge in [0.1, 0.15) is 6.54 Å². The Morgan fingerprint density at radius 3 is 2.83 bits per heavy atom. The van der Waals surface area contributed by atoms with Crippen molar-refractivity contribution in [2.45, 2.75) is 19.0 Å². The fourth-order valence-corrected chi connectivity index (χ4v) is 2.12. The van der Waals surface area contributed by atoms with Gasteiger partial charge in [0.25, 0.3) is 0 Å². The van der Waals surface area contributed by atoms with E-state index in [0.717, 1.165) is 19.4 Å². The molecule has 1 amide bonds. The Morgan fingerprint density at radius 1 is 1.50 bits per heavy atom. The first kappa shape index (κ1) is 15.2. The van der Waals surface area contributed by atoms with E-state index in [4.69, 9.17) is 4.74 Å². The molecule has 0 aliphatic carbocycles. The van der Waals surface area contributed by atoms with Crippen LogP contribution in [0.5, 0.6) is 0 Å². The number of piperidine rings is 1. The molecule has 0 aromatic carbocycles. The zero-order valence-corrected chi connectivity index (χ0v) is 10.4. The summed E-state index contributed by atoms with van der Waals surface area (Å²) in [6.45, 7) is 0.838. The van der Waals surface area contributed by atoms with Gasteiger partial charge in [0, 0.05) is 13.7 Å². The van der Waals surface area contributed by atoms with Crippen LogP contribution in [0, 0.1) is 5.92 Å². The predicted molar refractivity (Wildman–Crippen MR) is 60.1 cm³/mol. The number of ether oxygens (including phenoxy) is 1. The van der Waals surface area contributed by atoms with Gasteiger partial charge in [0.2, 0.25) is 5.91 Å². The molecule has 0 saturated carbocycles. The first-order valence-electron chi connectivity index (χ1n) is 5.95. The van der Waals surface area contributed by atoms with Gasteiger partial charge in [-0.05, 0) is 25.3 Å². The van der Waals surface area contributed by atoms with Gasteiger partial charge < -0.3 is 10.1 Å². The van der Waals surface area contributed by atoms with Crippen LogP contribution in [0.2, 0.25) is 0 Å². The number of likely N-dealkylation sites (tertiary alicyclic amines) is 1. The monoisotopic (exact) mass is 268 g/mol. The van der Waals surface area contributed by atoms with Crippen LogP contribution < -0.4 is 5.32 Å². The van der Waals surface area contributed by atoms with Gasteiger partial charge in [-0.1, -0.05) is 0 Å². The minimum absolute atomic E-state index is 0.0241. The van der Waals surface area contributed by atoms with Crippen molar-refractivity contribution in [3.05, 3.63) is 0 Å². The van der Waals surface area contributed by atoms with Gasteiger partial charge in [-0.15, -0.1) is 0 Å². The maximum absolute atomic E-state index is 11.9. The van der Waals surface area contributed by atoms with E-state index in [1.807, 2.05) is 10.2 Å². The number of carbonyl (C=O) groups excluding carboxylic acids is 1. The molecule has 0 spiro atoms. The van der Waals surface area contributed by atoms with E-state index < -0.39 is 18.6 Å². The van der Waals surface area contributed by atoms with Crippen molar-refractivity contribution in [2.24, 2.45) is 5.92 Å². The summed E-state index contributed by atoms with van der Waals surface area (Å²) >= 11 is 0. The average Bonchev–Trinajstić information content (AvgIpc) is 2.26. The maximum Gasteiger partial charge on any atom is 0.405 e. The Hall–Kier alpha value is -0.820. The van der Waals surface area contributed by atoms with E-state index in [-0.39, 0.29) is 6.54 Å². The number of hydrogen-bond acceptors (Lipinski definition) is 3. The van der Waals surface area contributed by atoms with Gasteiger partial charge >= 0.3 is 6.18 Å². The van der Waals surface area contributed by atoms with Crippen LogP contribution in [0.25, 0.3) is 0 Å². The Kier molecular flexibility index (Phi) is 5.87. The highest BCUT2D eigenvalue weighted by Crippen LogP contribution is 2.16. The summed E-state index contributed by atoms with van der Waals surface area (Å²) in [6.07, 6.45) is -2.37. The molecule has 4 nitrogen and oxygen atoms in total. The van der Waals surface area contributed by atoms with Crippen molar-refractivity contribution in [2.75, 3.05) is 39.9 Å². The second-order valence-corrected chi connectivity index (χ2v) is 4.59. The molecule has 0 unspecified atom stereocenters. The molecule has 18 heavy (non-hydrogen) atoms. The molecule has 7 heteroatoms. The summed E-state index contributed by atoms with van der Waals surface area (Å²) in [5.41, 5.74) is 0. The SMILES string of the molecule is COC[C@@H]1CCCN(CC(=O)NCC(F)(F)F)C1. The van der Waals surface area contributed by atoms with E-state index >= 15 is 0 Å². The minimum atomic E-state index is -4.35. The Balaban J connectivity index is 2.26. The molecule has 1 aliphatic rings. The molecule has 0 aromatic rings. The zero-order chi connectivity index (χ0) is 13.6. The quantitative estimate of drug-likeness (QED) is 0.809. The summed E-state index contributed by atoms with van der Waals surface area (Å²) in [7, 11) is 1.62. The maximum atomic E-state index is 11.9. The number of alkyl halides is 3. The Morgan fingerprint density at radius 2 is 2.22 bits per heavy atom. The molecule has 1 saturated heterocycles. The molecule has 1 fully saturated rings. The smallest absolute Gasteiger partial charge is 0.384 e. The summed E-state index contributed by atoms with van der Waals surface area (Å²) in [5.74, 6) is -0.218. The van der Waals surface area contributed by atoms with Crippen LogP contribution in [-0.2, 0) is 9.53 Å². The first-order valence-corrected chi connectivity index (χ1v) is 5.95. The largest absolute Gasteiger partial charge is 0.405 e. The summed E-state index contributed by atoms with van der Waals surface area (Å²) in [4.78, 5) is 13.2. The molecule has 1 atom stereocenters. The number of hydrogen-bond donors (Lipinski definition) is 1. The highest BCUT2D eigenvalue weighted by Gasteiger charge is 2.28. The zero-order valence-electron chi connectivity index (χ0n) is 10.4. The van der Waals surface area contributed by atoms with Crippen molar-refractivity contribution >= 4 is 5.91 Å². The van der Waals surface area contributed by atoms with Crippen LogP contribution in [-0.4, -0.2) is 56.9 Å². The molecule has 1 rings (SSSR count). The third-order valence-electron chi connectivity index (χ3n) is 2.86. The fraction of sp³-hybridized carbons (Fsp3) is 0.909. The number of rotatable bonds is 5. The lowest BCUT2D eigenvalue weighted by Crippen LogP contribution is -2.45. The first-order chi connectivity index (χ1) is 8.40. The van der Waals surface area contributed by atoms with Crippen LogP contribution in [0.4, 0.5) is 13.2 Å². The lowest BCUT2D eigenvalue weighted by Gasteiger charge is -2.31. The van der Waals surface area contributed by atoms with E-state index in [1.165, 1.54) is 0 Å².